The van der Waals surface area contributed by atoms with Crippen molar-refractivity contribution in [2.24, 2.45) is 5.73 Å². The summed E-state index contributed by atoms with van der Waals surface area (Å²) in [4.78, 5) is 26.5. The quantitative estimate of drug-likeness (QED) is 0.502. The van der Waals surface area contributed by atoms with Crippen molar-refractivity contribution < 1.29 is 28.1 Å². The van der Waals surface area contributed by atoms with Crippen LogP contribution in [0.15, 0.2) is 64.8 Å². The molecule has 0 radical (unpaired) electrons. The monoisotopic (exact) mass is 494 g/mol. The first kappa shape index (κ1) is 24.8. The third-order valence-corrected chi connectivity index (χ3v) is 6.25. The van der Waals surface area contributed by atoms with Crippen LogP contribution in [0.5, 0.6) is 17.2 Å². The van der Waals surface area contributed by atoms with Crippen molar-refractivity contribution in [1.29, 1.82) is 0 Å². The molecule has 3 aromatic rings. The summed E-state index contributed by atoms with van der Waals surface area (Å²) >= 11 is 0. The van der Waals surface area contributed by atoms with Gasteiger partial charge in [0, 0.05) is 18.3 Å². The number of hydrogen-bond donors (Lipinski definition) is 1. The van der Waals surface area contributed by atoms with E-state index < -0.39 is 17.7 Å². The second-order valence-electron chi connectivity index (χ2n) is 8.32. The zero-order valence-corrected chi connectivity index (χ0v) is 20.5. The summed E-state index contributed by atoms with van der Waals surface area (Å²) in [5.74, 6) is -0.768. The third-order valence-electron chi connectivity index (χ3n) is 6.25. The Morgan fingerprint density at radius 2 is 1.75 bits per heavy atom. The fourth-order valence-corrected chi connectivity index (χ4v) is 4.44. The first-order valence-corrected chi connectivity index (χ1v) is 11.3. The van der Waals surface area contributed by atoms with Crippen molar-refractivity contribution in [3.8, 4) is 17.2 Å². The van der Waals surface area contributed by atoms with Crippen LogP contribution in [0.4, 0.5) is 4.39 Å². The summed E-state index contributed by atoms with van der Waals surface area (Å²) in [7, 11) is 4.35. The van der Waals surface area contributed by atoms with E-state index in [4.69, 9.17) is 24.7 Å². The molecule has 0 fully saturated rings. The van der Waals surface area contributed by atoms with Gasteiger partial charge in [-0.25, -0.2) is 9.18 Å². The van der Waals surface area contributed by atoms with Gasteiger partial charge < -0.3 is 29.2 Å². The highest BCUT2D eigenvalue weighted by Crippen LogP contribution is 2.41. The molecule has 1 aliphatic heterocycles. The lowest BCUT2D eigenvalue weighted by Crippen LogP contribution is -2.35. The van der Waals surface area contributed by atoms with E-state index >= 15 is 0 Å². The van der Waals surface area contributed by atoms with Gasteiger partial charge in [-0.05, 0) is 48.7 Å². The predicted octanol–water partition coefficient (Wildman–Crippen LogP) is 3.42. The summed E-state index contributed by atoms with van der Waals surface area (Å²) in [5, 5.41) is 0. The fraction of sp³-hybridized carbons (Fsp3) is 0.259. The lowest BCUT2D eigenvalue weighted by Gasteiger charge is -2.29. The van der Waals surface area contributed by atoms with Crippen molar-refractivity contribution in [3.63, 3.8) is 0 Å². The molecule has 1 aliphatic rings. The van der Waals surface area contributed by atoms with Gasteiger partial charge in [0.1, 0.15) is 17.1 Å². The Balaban J connectivity index is 1.79. The molecular formula is C27H27FN2O6. The van der Waals surface area contributed by atoms with Crippen LogP contribution in [0.1, 0.15) is 28.3 Å². The molecule has 188 valence electrons. The Bertz CT molecular complexity index is 1390. The number of hydrogen-bond acceptors (Lipinski definition) is 7. The van der Waals surface area contributed by atoms with Gasteiger partial charge in [0.15, 0.2) is 11.5 Å². The number of aryl methyl sites for hydroxylation is 2. The molecule has 2 heterocycles. The first-order valence-electron chi connectivity index (χ1n) is 11.3. The van der Waals surface area contributed by atoms with E-state index in [2.05, 4.69) is 0 Å². The molecule has 0 saturated heterocycles. The number of carbonyl (C=O) groups excluding carboxylic acids is 1. The van der Waals surface area contributed by atoms with Crippen molar-refractivity contribution >= 4 is 5.97 Å². The third kappa shape index (κ3) is 4.51. The number of benzene rings is 2. The van der Waals surface area contributed by atoms with Gasteiger partial charge in [-0.3, -0.25) is 4.79 Å². The number of esters is 1. The molecule has 2 aromatic carbocycles. The van der Waals surface area contributed by atoms with Crippen molar-refractivity contribution in [2.45, 2.75) is 25.8 Å². The first-order chi connectivity index (χ1) is 17.3. The standard InChI is InChI=1S/C27H27FN2O6/c1-15-13-21-23(26(31)30(15)12-11-16-5-10-19(33-2)20(14-16)34-3)22(17-6-8-18(28)9-7-17)24(25(29)36-21)27(32)35-4/h5-10,13-14,22H,11-12,29H2,1-4H3/t22-/m0/s1. The van der Waals surface area contributed by atoms with Crippen LogP contribution in [-0.2, 0) is 22.5 Å². The van der Waals surface area contributed by atoms with Crippen LogP contribution in [0, 0.1) is 12.7 Å². The van der Waals surface area contributed by atoms with Crippen molar-refractivity contribution in [1.82, 2.24) is 4.57 Å². The number of nitrogens with zero attached hydrogens (tertiary/aromatic N) is 1. The molecule has 0 amide bonds. The summed E-state index contributed by atoms with van der Waals surface area (Å²) in [6.07, 6.45) is 0.532. The maximum absolute atomic E-state index is 13.8. The molecular weight excluding hydrogens is 467 g/mol. The average Bonchev–Trinajstić information content (AvgIpc) is 2.87. The molecule has 0 saturated carbocycles. The van der Waals surface area contributed by atoms with E-state index in [9.17, 15) is 14.0 Å². The molecule has 9 heteroatoms. The smallest absolute Gasteiger partial charge is 0.340 e. The lowest BCUT2D eigenvalue weighted by molar-refractivity contribution is -0.136. The van der Waals surface area contributed by atoms with E-state index in [0.717, 1.165) is 5.56 Å². The molecule has 1 aromatic heterocycles. The molecule has 36 heavy (non-hydrogen) atoms. The lowest BCUT2D eigenvalue weighted by atomic mass is 9.83. The molecule has 0 aliphatic carbocycles. The minimum Gasteiger partial charge on any atom is -0.493 e. The van der Waals surface area contributed by atoms with E-state index in [0.29, 0.717) is 35.7 Å². The van der Waals surface area contributed by atoms with Crippen LogP contribution in [0.3, 0.4) is 0 Å². The minimum absolute atomic E-state index is 0.0102. The maximum Gasteiger partial charge on any atom is 0.340 e. The van der Waals surface area contributed by atoms with Crippen LogP contribution in [0.25, 0.3) is 0 Å². The predicted molar refractivity (Wildman–Crippen MR) is 131 cm³/mol. The van der Waals surface area contributed by atoms with Crippen LogP contribution >= 0.6 is 0 Å². The molecule has 4 rings (SSSR count). The van der Waals surface area contributed by atoms with E-state index in [-0.39, 0.29) is 28.3 Å². The topological polar surface area (TPSA) is 102 Å². The Morgan fingerprint density at radius 3 is 2.39 bits per heavy atom. The normalized spacial score (nSPS) is 14.6. The number of halogens is 1. The molecule has 1 atom stereocenters. The van der Waals surface area contributed by atoms with E-state index in [1.165, 1.54) is 31.4 Å². The highest BCUT2D eigenvalue weighted by atomic mass is 19.1. The SMILES string of the molecule is COC(=O)C1=C(N)Oc2cc(C)n(CCc3ccc(OC)c(OC)c3)c(=O)c2[C@@H]1c1ccc(F)cc1. The van der Waals surface area contributed by atoms with Crippen LogP contribution in [0.2, 0.25) is 0 Å². The number of aromatic nitrogens is 1. The molecule has 0 unspecified atom stereocenters. The Hall–Kier alpha value is -4.27. The Morgan fingerprint density at radius 1 is 1.06 bits per heavy atom. The highest BCUT2D eigenvalue weighted by molar-refractivity contribution is 5.92. The minimum atomic E-state index is -0.887. The summed E-state index contributed by atoms with van der Waals surface area (Å²) < 4.78 is 36.6. The van der Waals surface area contributed by atoms with Crippen LogP contribution in [-0.4, -0.2) is 31.9 Å². The summed E-state index contributed by atoms with van der Waals surface area (Å²) in [6.45, 7) is 2.15. The van der Waals surface area contributed by atoms with Gasteiger partial charge in [0.2, 0.25) is 5.88 Å². The summed E-state index contributed by atoms with van der Waals surface area (Å²) in [6, 6.07) is 12.8. The van der Waals surface area contributed by atoms with E-state index in [1.807, 2.05) is 18.2 Å². The second-order valence-corrected chi connectivity index (χ2v) is 8.32. The van der Waals surface area contributed by atoms with Gasteiger partial charge in [-0.15, -0.1) is 0 Å². The van der Waals surface area contributed by atoms with Crippen LogP contribution < -0.4 is 25.5 Å². The van der Waals surface area contributed by atoms with Crippen molar-refractivity contribution in [3.05, 3.63) is 98.5 Å². The van der Waals surface area contributed by atoms with Gasteiger partial charge in [0.25, 0.3) is 5.56 Å². The number of fused-ring (bicyclic) bond motifs is 1. The number of rotatable bonds is 7. The van der Waals surface area contributed by atoms with Gasteiger partial charge in [-0.2, -0.15) is 0 Å². The van der Waals surface area contributed by atoms with Gasteiger partial charge in [-0.1, -0.05) is 18.2 Å². The van der Waals surface area contributed by atoms with E-state index in [1.54, 1.807) is 31.8 Å². The van der Waals surface area contributed by atoms with Crippen molar-refractivity contribution in [2.75, 3.05) is 21.3 Å². The maximum atomic E-state index is 13.8. The Labute approximate surface area is 207 Å². The molecule has 8 nitrogen and oxygen atoms in total. The zero-order valence-electron chi connectivity index (χ0n) is 20.5. The number of methoxy groups -OCH3 is 3. The Kier molecular flexibility index (Phi) is 7.00. The fourth-order valence-electron chi connectivity index (χ4n) is 4.44. The second kappa shape index (κ2) is 10.2. The molecule has 2 N–H and O–H groups in total. The number of pyridine rings is 1. The van der Waals surface area contributed by atoms with Gasteiger partial charge >= 0.3 is 5.97 Å². The number of nitrogens with two attached hydrogens (primary N) is 1. The molecule has 0 spiro atoms. The average molecular weight is 495 g/mol. The largest absolute Gasteiger partial charge is 0.493 e. The number of carbonyl (C=O) groups is 1. The number of ether oxygens (including phenoxy) is 4. The zero-order chi connectivity index (χ0) is 26.0. The highest BCUT2D eigenvalue weighted by Gasteiger charge is 2.38. The molecule has 0 bridgehead atoms. The summed E-state index contributed by atoms with van der Waals surface area (Å²) in [5.41, 5.74) is 8.10. The van der Waals surface area contributed by atoms with Gasteiger partial charge in [0.05, 0.1) is 32.8 Å².